The molecule has 0 fully saturated rings. The van der Waals surface area contributed by atoms with Crippen LogP contribution in [-0.2, 0) is 11.2 Å². The van der Waals surface area contributed by atoms with Crippen molar-refractivity contribution in [3.05, 3.63) is 53.3 Å². The van der Waals surface area contributed by atoms with E-state index in [9.17, 15) is 4.79 Å². The molecule has 3 atom stereocenters. The monoisotopic (exact) mass is 293 g/mol. The van der Waals surface area contributed by atoms with Crippen molar-refractivity contribution in [2.45, 2.75) is 33.1 Å². The Labute approximate surface area is 132 Å². The van der Waals surface area contributed by atoms with Gasteiger partial charge in [-0.2, -0.15) is 0 Å². The summed E-state index contributed by atoms with van der Waals surface area (Å²) in [6, 6.07) is 8.71. The summed E-state index contributed by atoms with van der Waals surface area (Å²) in [5.41, 5.74) is 5.46. The van der Waals surface area contributed by atoms with Gasteiger partial charge in [0.2, 0.25) is 0 Å². The van der Waals surface area contributed by atoms with Crippen LogP contribution in [-0.4, -0.2) is 12.3 Å². The molecule has 2 heteroatoms. The van der Waals surface area contributed by atoms with Gasteiger partial charge in [0.05, 0.1) is 0 Å². The lowest BCUT2D eigenvalue weighted by Crippen LogP contribution is -2.33. The first-order valence-corrected chi connectivity index (χ1v) is 8.44. The average molecular weight is 293 g/mol. The maximum absolute atomic E-state index is 11.9. The highest BCUT2D eigenvalue weighted by Gasteiger charge is 2.36. The Morgan fingerprint density at radius 1 is 1.05 bits per heavy atom. The summed E-state index contributed by atoms with van der Waals surface area (Å²) in [5, 5.41) is 0. The molecule has 0 spiro atoms. The van der Waals surface area contributed by atoms with Crippen LogP contribution < -0.4 is 4.90 Å². The van der Waals surface area contributed by atoms with Crippen molar-refractivity contribution >= 4 is 11.5 Å². The molecule has 0 radical (unpaired) electrons. The van der Waals surface area contributed by atoms with E-state index in [4.69, 9.17) is 0 Å². The van der Waals surface area contributed by atoms with Crippen molar-refractivity contribution in [3.8, 4) is 0 Å². The molecular weight excluding hydrogens is 270 g/mol. The first-order chi connectivity index (χ1) is 10.6. The van der Waals surface area contributed by atoms with Crippen molar-refractivity contribution in [2.24, 2.45) is 17.8 Å². The van der Waals surface area contributed by atoms with E-state index in [-0.39, 0.29) is 0 Å². The van der Waals surface area contributed by atoms with Gasteiger partial charge in [-0.25, -0.2) is 0 Å². The first kappa shape index (κ1) is 13.8. The quantitative estimate of drug-likeness (QED) is 0.776. The fraction of sp³-hybridized carbons (Fsp3) is 0.450. The number of ketones is 1. The van der Waals surface area contributed by atoms with E-state index in [0.717, 1.165) is 19.4 Å². The first-order valence-electron chi connectivity index (χ1n) is 8.44. The summed E-state index contributed by atoms with van der Waals surface area (Å²) in [4.78, 5) is 14.4. The highest BCUT2D eigenvalue weighted by atomic mass is 16.1. The Morgan fingerprint density at radius 3 is 2.68 bits per heavy atom. The lowest BCUT2D eigenvalue weighted by atomic mass is 9.68. The number of para-hydroxylation sites is 1. The van der Waals surface area contributed by atoms with E-state index in [1.807, 2.05) is 6.08 Å². The second-order valence-electron chi connectivity index (χ2n) is 7.17. The fourth-order valence-corrected chi connectivity index (χ4v) is 4.67. The third-order valence-corrected chi connectivity index (χ3v) is 5.56. The molecule has 0 saturated carbocycles. The van der Waals surface area contributed by atoms with Crippen LogP contribution in [0, 0.1) is 17.8 Å². The highest BCUT2D eigenvalue weighted by molar-refractivity contribution is 5.92. The van der Waals surface area contributed by atoms with Crippen molar-refractivity contribution < 1.29 is 4.79 Å². The van der Waals surface area contributed by atoms with Crippen LogP contribution in [0.2, 0.25) is 0 Å². The van der Waals surface area contributed by atoms with Crippen LogP contribution in [0.4, 0.5) is 5.69 Å². The second-order valence-corrected chi connectivity index (χ2v) is 7.17. The van der Waals surface area contributed by atoms with Crippen molar-refractivity contribution in [1.82, 2.24) is 0 Å². The Kier molecular flexibility index (Phi) is 3.21. The average Bonchev–Trinajstić information content (AvgIpc) is 2.89. The van der Waals surface area contributed by atoms with Gasteiger partial charge in [-0.3, -0.25) is 4.79 Å². The van der Waals surface area contributed by atoms with E-state index in [0.29, 0.717) is 30.0 Å². The molecule has 3 aliphatic rings. The maximum Gasteiger partial charge on any atom is 0.156 e. The number of fused-ring (bicyclic) bond motifs is 2. The van der Waals surface area contributed by atoms with Gasteiger partial charge in [-0.1, -0.05) is 32.0 Å². The van der Waals surface area contributed by atoms with Crippen LogP contribution >= 0.6 is 0 Å². The molecule has 1 heterocycles. The van der Waals surface area contributed by atoms with Gasteiger partial charge < -0.3 is 4.90 Å². The molecule has 0 saturated heterocycles. The predicted molar refractivity (Wildman–Crippen MR) is 89.7 cm³/mol. The van der Waals surface area contributed by atoms with Gasteiger partial charge in [0.15, 0.2) is 5.78 Å². The summed E-state index contributed by atoms with van der Waals surface area (Å²) < 4.78 is 0. The molecule has 4 rings (SSSR count). The van der Waals surface area contributed by atoms with Crippen molar-refractivity contribution in [2.75, 3.05) is 11.4 Å². The number of anilines is 1. The lowest BCUT2D eigenvalue weighted by Gasteiger charge is -2.39. The summed E-state index contributed by atoms with van der Waals surface area (Å²) in [6.07, 6.45) is 7.17. The molecule has 3 unspecified atom stereocenters. The van der Waals surface area contributed by atoms with Crippen molar-refractivity contribution in [3.63, 3.8) is 0 Å². The molecule has 1 aromatic rings. The number of nitrogens with zero attached hydrogens (tertiary/aromatic N) is 1. The Morgan fingerprint density at radius 2 is 1.82 bits per heavy atom. The van der Waals surface area contributed by atoms with Gasteiger partial charge in [0.1, 0.15) is 0 Å². The van der Waals surface area contributed by atoms with Crippen LogP contribution in [0.25, 0.3) is 0 Å². The molecule has 114 valence electrons. The molecule has 0 N–H and O–H groups in total. The molecule has 0 amide bonds. The van der Waals surface area contributed by atoms with Gasteiger partial charge in [-0.05, 0) is 60.0 Å². The number of hydrogen-bond donors (Lipinski definition) is 0. The van der Waals surface area contributed by atoms with Gasteiger partial charge >= 0.3 is 0 Å². The van der Waals surface area contributed by atoms with Crippen LogP contribution in [0.5, 0.6) is 0 Å². The third-order valence-electron chi connectivity index (χ3n) is 5.56. The zero-order valence-corrected chi connectivity index (χ0v) is 13.4. The third kappa shape index (κ3) is 2.13. The predicted octanol–water partition coefficient (Wildman–Crippen LogP) is 4.12. The molecule has 22 heavy (non-hydrogen) atoms. The van der Waals surface area contributed by atoms with E-state index in [2.05, 4.69) is 49.1 Å². The zero-order chi connectivity index (χ0) is 15.3. The number of carbonyl (C=O) groups excluding carboxylic acids is 1. The number of carbonyl (C=O) groups is 1. The smallest absolute Gasteiger partial charge is 0.156 e. The van der Waals surface area contributed by atoms with E-state index in [1.165, 1.54) is 22.5 Å². The SMILES string of the molecule is CC1CC(=O)C=C2C=C(N3CCc4ccccc43)CC(C)C21. The highest BCUT2D eigenvalue weighted by Crippen LogP contribution is 2.44. The summed E-state index contributed by atoms with van der Waals surface area (Å²) in [7, 11) is 0. The number of benzene rings is 1. The van der Waals surface area contributed by atoms with E-state index >= 15 is 0 Å². The topological polar surface area (TPSA) is 20.3 Å². The molecule has 2 nitrogen and oxygen atoms in total. The van der Waals surface area contributed by atoms with Gasteiger partial charge in [-0.15, -0.1) is 0 Å². The zero-order valence-electron chi connectivity index (χ0n) is 13.4. The van der Waals surface area contributed by atoms with E-state index in [1.54, 1.807) is 0 Å². The van der Waals surface area contributed by atoms with E-state index < -0.39 is 0 Å². The van der Waals surface area contributed by atoms with Gasteiger partial charge in [0.25, 0.3) is 0 Å². The Hall–Kier alpha value is -1.83. The Bertz CT molecular complexity index is 685. The van der Waals surface area contributed by atoms with Crippen LogP contribution in [0.15, 0.2) is 47.7 Å². The molecule has 2 aliphatic carbocycles. The number of allylic oxidation sites excluding steroid dienone is 4. The van der Waals surface area contributed by atoms with Crippen LogP contribution in [0.1, 0.15) is 32.3 Å². The van der Waals surface area contributed by atoms with Crippen molar-refractivity contribution in [1.29, 1.82) is 0 Å². The maximum atomic E-state index is 11.9. The standard InChI is InChI=1S/C20H23NO/c1-13-9-17(11-16-12-18(22)10-14(2)20(13)16)21-8-7-15-5-3-4-6-19(15)21/h3-6,11-14,20H,7-10H2,1-2H3. The minimum atomic E-state index is 0.297. The summed E-state index contributed by atoms with van der Waals surface area (Å²) in [6.45, 7) is 5.65. The number of hydrogen-bond acceptors (Lipinski definition) is 2. The molecule has 1 aliphatic heterocycles. The Balaban J connectivity index is 1.72. The van der Waals surface area contributed by atoms with Crippen LogP contribution in [0.3, 0.4) is 0 Å². The second kappa shape index (κ2) is 5.12. The summed E-state index contributed by atoms with van der Waals surface area (Å²) in [5.74, 6) is 1.94. The molecule has 0 aromatic heterocycles. The normalized spacial score (nSPS) is 30.5. The number of rotatable bonds is 1. The van der Waals surface area contributed by atoms with Gasteiger partial charge in [0, 0.05) is 24.4 Å². The molecular formula is C20H23NO. The molecule has 1 aromatic carbocycles. The minimum absolute atomic E-state index is 0.297. The lowest BCUT2D eigenvalue weighted by molar-refractivity contribution is -0.116. The largest absolute Gasteiger partial charge is 0.345 e. The summed E-state index contributed by atoms with van der Waals surface area (Å²) >= 11 is 0. The molecule has 0 bridgehead atoms. The fourth-order valence-electron chi connectivity index (χ4n) is 4.67. The minimum Gasteiger partial charge on any atom is -0.345 e.